The standard InChI is InChI=1S/C29H23N3O6S/c1-2-38-29(35)20-13-16-24(17-14-20)39(36,37)30-27(33)21-15-18-26-25(19-21)28(34)32(23-11-7-4-8-12-23)31(26)22-9-5-3-6-10-22/h3-19H,2H2,1H3,(H,30,33). The van der Waals surface area contributed by atoms with Gasteiger partial charge in [0, 0.05) is 5.56 Å². The van der Waals surface area contributed by atoms with Crippen molar-refractivity contribution < 1.29 is 22.7 Å². The van der Waals surface area contributed by atoms with Gasteiger partial charge in [0.1, 0.15) is 0 Å². The van der Waals surface area contributed by atoms with Crippen molar-refractivity contribution in [3.8, 4) is 11.4 Å². The number of nitrogens with one attached hydrogen (secondary N) is 1. The first-order valence-electron chi connectivity index (χ1n) is 12.0. The minimum atomic E-state index is -4.25. The Bertz CT molecular complexity index is 1840. The SMILES string of the molecule is CCOC(=O)c1ccc(S(=O)(=O)NC(=O)c2ccc3c(c2)c(=O)n(-c2ccccc2)n3-c2ccccc2)cc1. The van der Waals surface area contributed by atoms with Gasteiger partial charge in [-0.05, 0) is 73.7 Å². The van der Waals surface area contributed by atoms with Gasteiger partial charge in [0.25, 0.3) is 21.5 Å². The maximum Gasteiger partial charge on any atom is 0.338 e. The van der Waals surface area contributed by atoms with Crippen LogP contribution in [0.4, 0.5) is 0 Å². The number of nitrogens with zero attached hydrogens (tertiary/aromatic N) is 2. The Morgan fingerprint density at radius 1 is 0.769 bits per heavy atom. The van der Waals surface area contributed by atoms with Crippen molar-refractivity contribution in [2.24, 2.45) is 0 Å². The number of amides is 1. The highest BCUT2D eigenvalue weighted by molar-refractivity contribution is 7.90. The number of rotatable bonds is 7. The van der Waals surface area contributed by atoms with Crippen LogP contribution in [-0.4, -0.2) is 36.3 Å². The van der Waals surface area contributed by atoms with Crippen LogP contribution in [0.25, 0.3) is 22.3 Å². The Balaban J connectivity index is 1.52. The van der Waals surface area contributed by atoms with Crippen molar-refractivity contribution in [3.63, 3.8) is 0 Å². The van der Waals surface area contributed by atoms with E-state index in [1.54, 1.807) is 29.8 Å². The molecule has 0 aliphatic rings. The number of para-hydroxylation sites is 2. The van der Waals surface area contributed by atoms with Crippen LogP contribution < -0.4 is 10.3 Å². The number of benzene rings is 4. The molecule has 5 rings (SSSR count). The molecule has 10 heteroatoms. The number of aromatic nitrogens is 2. The molecular weight excluding hydrogens is 518 g/mol. The summed E-state index contributed by atoms with van der Waals surface area (Å²) >= 11 is 0. The third-order valence-electron chi connectivity index (χ3n) is 6.01. The third-order valence-corrected chi connectivity index (χ3v) is 7.36. The minimum absolute atomic E-state index is 0.00302. The number of hydrogen-bond donors (Lipinski definition) is 1. The van der Waals surface area contributed by atoms with Gasteiger partial charge in [-0.2, -0.15) is 0 Å². The summed E-state index contributed by atoms with van der Waals surface area (Å²) < 4.78 is 35.9. The summed E-state index contributed by atoms with van der Waals surface area (Å²) in [4.78, 5) is 38.2. The van der Waals surface area contributed by atoms with Gasteiger partial charge < -0.3 is 4.74 Å². The normalized spacial score (nSPS) is 11.3. The first-order chi connectivity index (χ1) is 18.8. The molecule has 0 radical (unpaired) electrons. The number of carbonyl (C=O) groups is 2. The van der Waals surface area contributed by atoms with Gasteiger partial charge in [0.15, 0.2) is 0 Å². The minimum Gasteiger partial charge on any atom is -0.462 e. The molecule has 196 valence electrons. The zero-order chi connectivity index (χ0) is 27.6. The maximum atomic E-state index is 13.6. The molecule has 1 heterocycles. The fourth-order valence-corrected chi connectivity index (χ4v) is 5.17. The van der Waals surface area contributed by atoms with E-state index < -0.39 is 21.9 Å². The molecule has 0 fully saturated rings. The molecular formula is C29H23N3O6S. The smallest absolute Gasteiger partial charge is 0.338 e. The first kappa shape index (κ1) is 25.7. The highest BCUT2D eigenvalue weighted by Gasteiger charge is 2.22. The van der Waals surface area contributed by atoms with Crippen molar-refractivity contribution in [2.75, 3.05) is 6.61 Å². The summed E-state index contributed by atoms with van der Waals surface area (Å²) in [6.45, 7) is 1.85. The highest BCUT2D eigenvalue weighted by atomic mass is 32.2. The maximum absolute atomic E-state index is 13.6. The number of hydrogen-bond acceptors (Lipinski definition) is 6. The van der Waals surface area contributed by atoms with Gasteiger partial charge >= 0.3 is 5.97 Å². The van der Waals surface area contributed by atoms with E-state index in [4.69, 9.17) is 4.74 Å². The summed E-state index contributed by atoms with van der Waals surface area (Å²) in [6, 6.07) is 27.9. The molecule has 39 heavy (non-hydrogen) atoms. The summed E-state index contributed by atoms with van der Waals surface area (Å²) in [5.74, 6) is -1.48. The number of ether oxygens (including phenoxy) is 1. The zero-order valence-corrected chi connectivity index (χ0v) is 21.6. The van der Waals surface area contributed by atoms with Gasteiger partial charge in [-0.25, -0.2) is 27.3 Å². The van der Waals surface area contributed by atoms with E-state index >= 15 is 0 Å². The van der Waals surface area contributed by atoms with E-state index in [0.29, 0.717) is 11.2 Å². The van der Waals surface area contributed by atoms with Crippen molar-refractivity contribution in [3.05, 3.63) is 125 Å². The number of carbonyl (C=O) groups excluding carboxylic acids is 2. The Labute approximate surface area is 223 Å². The van der Waals surface area contributed by atoms with Gasteiger partial charge in [-0.1, -0.05) is 36.4 Å². The van der Waals surface area contributed by atoms with Crippen LogP contribution in [0.15, 0.2) is 113 Å². The fraction of sp³-hybridized carbons (Fsp3) is 0.0690. The highest BCUT2D eigenvalue weighted by Crippen LogP contribution is 2.22. The topological polar surface area (TPSA) is 116 Å². The second kappa shape index (κ2) is 10.4. The van der Waals surface area contributed by atoms with Crippen LogP contribution in [0.1, 0.15) is 27.6 Å². The Morgan fingerprint density at radius 2 is 1.33 bits per heavy atom. The van der Waals surface area contributed by atoms with Gasteiger partial charge in [-0.15, -0.1) is 0 Å². The Morgan fingerprint density at radius 3 is 1.92 bits per heavy atom. The number of sulfonamides is 1. The largest absolute Gasteiger partial charge is 0.462 e. The molecule has 0 aliphatic carbocycles. The van der Waals surface area contributed by atoms with E-state index in [-0.39, 0.29) is 33.6 Å². The van der Waals surface area contributed by atoms with E-state index in [0.717, 1.165) is 5.69 Å². The molecule has 0 aliphatic heterocycles. The summed E-state index contributed by atoms with van der Waals surface area (Å²) in [5, 5.41) is 0.242. The predicted molar refractivity (Wildman–Crippen MR) is 146 cm³/mol. The van der Waals surface area contributed by atoms with Crippen LogP contribution in [0.3, 0.4) is 0 Å². The quantitative estimate of drug-likeness (QED) is 0.311. The molecule has 0 saturated heterocycles. The lowest BCUT2D eigenvalue weighted by molar-refractivity contribution is 0.0526. The average Bonchev–Trinajstić information content (AvgIpc) is 3.25. The van der Waals surface area contributed by atoms with Crippen LogP contribution in [-0.2, 0) is 14.8 Å². The van der Waals surface area contributed by atoms with Gasteiger partial charge in [-0.3, -0.25) is 9.59 Å². The van der Waals surface area contributed by atoms with Gasteiger partial charge in [0.2, 0.25) is 0 Å². The average molecular weight is 542 g/mol. The molecule has 0 saturated carbocycles. The predicted octanol–water partition coefficient (Wildman–Crippen LogP) is 4.08. The summed E-state index contributed by atoms with van der Waals surface area (Å²) in [7, 11) is -4.25. The first-order valence-corrected chi connectivity index (χ1v) is 13.5. The zero-order valence-electron chi connectivity index (χ0n) is 20.8. The molecule has 9 nitrogen and oxygen atoms in total. The van der Waals surface area contributed by atoms with Crippen LogP contribution >= 0.6 is 0 Å². The second-order valence-corrected chi connectivity index (χ2v) is 10.2. The molecule has 1 aromatic heterocycles. The Hall–Kier alpha value is -4.96. The van der Waals surface area contributed by atoms with E-state index in [2.05, 4.69) is 0 Å². The second-order valence-electron chi connectivity index (χ2n) is 8.51. The number of fused-ring (bicyclic) bond motifs is 1. The Kier molecular flexibility index (Phi) is 6.86. The van der Waals surface area contributed by atoms with Crippen molar-refractivity contribution in [2.45, 2.75) is 11.8 Å². The van der Waals surface area contributed by atoms with Gasteiger partial charge in [0.05, 0.1) is 39.3 Å². The summed E-state index contributed by atoms with van der Waals surface area (Å²) in [5.41, 5.74) is 1.72. The molecule has 4 aromatic carbocycles. The van der Waals surface area contributed by atoms with E-state index in [1.165, 1.54) is 41.1 Å². The molecule has 0 bridgehead atoms. The van der Waals surface area contributed by atoms with Crippen LogP contribution in [0.2, 0.25) is 0 Å². The van der Waals surface area contributed by atoms with E-state index in [1.807, 2.05) is 53.3 Å². The monoisotopic (exact) mass is 541 g/mol. The lowest BCUT2D eigenvalue weighted by Gasteiger charge is -2.13. The molecule has 5 aromatic rings. The van der Waals surface area contributed by atoms with E-state index in [9.17, 15) is 22.8 Å². The lowest BCUT2D eigenvalue weighted by Crippen LogP contribution is -2.30. The molecule has 1 amide bonds. The molecule has 0 unspecified atom stereocenters. The fourth-order valence-electron chi connectivity index (χ4n) is 4.20. The number of esters is 1. The van der Waals surface area contributed by atoms with Crippen molar-refractivity contribution in [1.29, 1.82) is 0 Å². The molecule has 1 N–H and O–H groups in total. The third kappa shape index (κ3) is 4.97. The van der Waals surface area contributed by atoms with Crippen LogP contribution in [0, 0.1) is 0 Å². The van der Waals surface area contributed by atoms with Crippen LogP contribution in [0.5, 0.6) is 0 Å². The molecule has 0 spiro atoms. The molecule has 0 atom stereocenters. The lowest BCUT2D eigenvalue weighted by atomic mass is 10.1. The van der Waals surface area contributed by atoms with Crippen molar-refractivity contribution >= 4 is 32.8 Å². The van der Waals surface area contributed by atoms with Crippen molar-refractivity contribution in [1.82, 2.24) is 14.1 Å². The summed E-state index contributed by atoms with van der Waals surface area (Å²) in [6.07, 6.45) is 0.